The molecule has 0 aliphatic carbocycles. The molecule has 0 bridgehead atoms. The van der Waals surface area contributed by atoms with E-state index in [1.165, 1.54) is 15.9 Å². The van der Waals surface area contributed by atoms with Crippen LogP contribution < -0.4 is 15.4 Å². The van der Waals surface area contributed by atoms with Crippen LogP contribution in [0.5, 0.6) is 0 Å². The van der Waals surface area contributed by atoms with Crippen LogP contribution in [-0.2, 0) is 6.42 Å². The van der Waals surface area contributed by atoms with Crippen LogP contribution in [0.2, 0.25) is 0 Å². The molecule has 4 heterocycles. The first-order chi connectivity index (χ1) is 12.5. The maximum Gasteiger partial charge on any atom is 0.275 e. The van der Waals surface area contributed by atoms with Crippen LogP contribution in [0.4, 0.5) is 11.1 Å². The summed E-state index contributed by atoms with van der Waals surface area (Å²) in [6.07, 6.45) is 2.56. The molecular weight excluding hydrogens is 354 g/mol. The summed E-state index contributed by atoms with van der Waals surface area (Å²) in [6.45, 7) is 3.66. The smallest absolute Gasteiger partial charge is 0.275 e. The number of fused-ring (bicyclic) bond motifs is 1. The van der Waals surface area contributed by atoms with Crippen molar-refractivity contribution in [2.24, 2.45) is 0 Å². The molecule has 0 N–H and O–H groups in total. The Labute approximate surface area is 154 Å². The molecule has 3 aromatic heterocycles. The molecule has 138 valence electrons. The summed E-state index contributed by atoms with van der Waals surface area (Å²) in [7, 11) is 3.79. The fourth-order valence-electron chi connectivity index (χ4n) is 3.05. The number of rotatable bonds is 4. The van der Waals surface area contributed by atoms with Crippen molar-refractivity contribution >= 4 is 27.4 Å². The average molecular weight is 375 g/mol. The minimum absolute atomic E-state index is 0.119. The number of anilines is 2. The molecule has 1 aliphatic heterocycles. The topological polar surface area (TPSA) is 92.7 Å². The van der Waals surface area contributed by atoms with Gasteiger partial charge in [-0.25, -0.2) is 4.98 Å². The third-order valence-electron chi connectivity index (χ3n) is 4.60. The van der Waals surface area contributed by atoms with Crippen molar-refractivity contribution in [2.45, 2.75) is 32.1 Å². The highest BCUT2D eigenvalue weighted by Crippen LogP contribution is 2.31. The SMILES string of the molecule is CCc1cc(=O)n2nc(N3CCC(c4nc(N(C)C)no4)CC3)sc2n1. The number of aryl methyl sites for hydroxylation is 1. The van der Waals surface area contributed by atoms with Crippen LogP contribution in [0.1, 0.15) is 37.3 Å². The molecule has 0 unspecified atom stereocenters. The molecule has 0 spiro atoms. The van der Waals surface area contributed by atoms with Crippen LogP contribution in [0.25, 0.3) is 4.96 Å². The van der Waals surface area contributed by atoms with E-state index in [0.29, 0.717) is 16.8 Å². The van der Waals surface area contributed by atoms with Gasteiger partial charge in [0.1, 0.15) is 0 Å². The lowest BCUT2D eigenvalue weighted by Crippen LogP contribution is -2.33. The maximum absolute atomic E-state index is 12.2. The summed E-state index contributed by atoms with van der Waals surface area (Å²) in [5, 5.41) is 9.29. The third-order valence-corrected chi connectivity index (χ3v) is 5.56. The quantitative estimate of drug-likeness (QED) is 0.678. The zero-order valence-electron chi connectivity index (χ0n) is 15.0. The lowest BCUT2D eigenvalue weighted by Gasteiger charge is -2.29. The van der Waals surface area contributed by atoms with E-state index in [4.69, 9.17) is 4.52 Å². The first-order valence-corrected chi connectivity index (χ1v) is 9.52. The average Bonchev–Trinajstić information content (AvgIpc) is 3.29. The van der Waals surface area contributed by atoms with Gasteiger partial charge in [-0.05, 0) is 24.4 Å². The first-order valence-electron chi connectivity index (χ1n) is 8.71. The fraction of sp³-hybridized carbons (Fsp3) is 0.562. The molecule has 0 saturated carbocycles. The Balaban J connectivity index is 1.50. The molecule has 9 nitrogen and oxygen atoms in total. The van der Waals surface area contributed by atoms with Crippen molar-refractivity contribution in [2.75, 3.05) is 37.0 Å². The van der Waals surface area contributed by atoms with Crippen LogP contribution >= 0.6 is 11.3 Å². The summed E-state index contributed by atoms with van der Waals surface area (Å²) < 4.78 is 6.80. The number of piperidine rings is 1. The van der Waals surface area contributed by atoms with Gasteiger partial charge in [-0.1, -0.05) is 18.3 Å². The van der Waals surface area contributed by atoms with Crippen LogP contribution in [0.3, 0.4) is 0 Å². The monoisotopic (exact) mass is 375 g/mol. The van der Waals surface area contributed by atoms with E-state index in [-0.39, 0.29) is 11.5 Å². The predicted octanol–water partition coefficient (Wildman–Crippen LogP) is 1.55. The van der Waals surface area contributed by atoms with E-state index in [1.54, 1.807) is 6.07 Å². The van der Waals surface area contributed by atoms with Gasteiger partial charge in [-0.15, -0.1) is 5.10 Å². The largest absolute Gasteiger partial charge is 0.347 e. The number of aromatic nitrogens is 5. The number of hydrogen-bond acceptors (Lipinski definition) is 9. The van der Waals surface area contributed by atoms with Crippen molar-refractivity contribution in [3.05, 3.63) is 28.0 Å². The predicted molar refractivity (Wildman–Crippen MR) is 99.3 cm³/mol. The summed E-state index contributed by atoms with van der Waals surface area (Å²) in [4.78, 5) is 25.8. The molecule has 26 heavy (non-hydrogen) atoms. The van der Waals surface area contributed by atoms with Gasteiger partial charge in [0, 0.05) is 44.9 Å². The highest BCUT2D eigenvalue weighted by molar-refractivity contribution is 7.20. The van der Waals surface area contributed by atoms with Gasteiger partial charge < -0.3 is 14.3 Å². The Hall–Kier alpha value is -2.49. The van der Waals surface area contributed by atoms with Gasteiger partial charge in [0.25, 0.3) is 11.5 Å². The highest BCUT2D eigenvalue weighted by Gasteiger charge is 2.27. The Morgan fingerprint density at radius 1 is 1.31 bits per heavy atom. The van der Waals surface area contributed by atoms with Gasteiger partial charge in [-0.3, -0.25) is 4.79 Å². The van der Waals surface area contributed by atoms with E-state index in [1.807, 2.05) is 25.9 Å². The van der Waals surface area contributed by atoms with Crippen molar-refractivity contribution in [1.82, 2.24) is 24.7 Å². The molecule has 0 amide bonds. The Morgan fingerprint density at radius 3 is 2.73 bits per heavy atom. The maximum atomic E-state index is 12.2. The minimum atomic E-state index is -0.119. The number of nitrogens with zero attached hydrogens (tertiary/aromatic N) is 7. The second kappa shape index (κ2) is 6.67. The zero-order valence-corrected chi connectivity index (χ0v) is 15.9. The van der Waals surface area contributed by atoms with E-state index in [2.05, 4.69) is 25.1 Å². The van der Waals surface area contributed by atoms with Crippen LogP contribution in [-0.4, -0.2) is 51.9 Å². The van der Waals surface area contributed by atoms with Crippen LogP contribution in [0.15, 0.2) is 15.4 Å². The second-order valence-corrected chi connectivity index (χ2v) is 7.54. The summed E-state index contributed by atoms with van der Waals surface area (Å²) in [6, 6.07) is 1.56. The van der Waals surface area contributed by atoms with Crippen molar-refractivity contribution in [3.8, 4) is 0 Å². The molecular formula is C16H21N7O2S. The molecule has 0 atom stereocenters. The normalized spacial score (nSPS) is 15.7. The summed E-state index contributed by atoms with van der Waals surface area (Å²) >= 11 is 1.46. The van der Waals surface area contributed by atoms with Crippen molar-refractivity contribution < 1.29 is 4.52 Å². The molecule has 1 aliphatic rings. The molecule has 10 heteroatoms. The molecule has 3 aromatic rings. The minimum Gasteiger partial charge on any atom is -0.347 e. The Bertz CT molecular complexity index is 969. The lowest BCUT2D eigenvalue weighted by molar-refractivity contribution is 0.329. The summed E-state index contributed by atoms with van der Waals surface area (Å²) in [5.41, 5.74) is 0.684. The van der Waals surface area contributed by atoms with E-state index in [9.17, 15) is 4.79 Å². The molecule has 0 aromatic carbocycles. The second-order valence-electron chi connectivity index (χ2n) is 6.61. The fourth-order valence-corrected chi connectivity index (χ4v) is 4.02. The Kier molecular flexibility index (Phi) is 4.35. The van der Waals surface area contributed by atoms with Gasteiger partial charge in [0.05, 0.1) is 0 Å². The lowest BCUT2D eigenvalue weighted by atomic mass is 9.97. The first kappa shape index (κ1) is 17.0. The van der Waals surface area contributed by atoms with Gasteiger partial charge >= 0.3 is 0 Å². The van der Waals surface area contributed by atoms with Gasteiger partial charge in [-0.2, -0.15) is 9.50 Å². The van der Waals surface area contributed by atoms with E-state index >= 15 is 0 Å². The molecule has 0 radical (unpaired) electrons. The standard InChI is InChI=1S/C16H21N7O2S/c1-4-11-9-12(24)23-15(17-11)26-16(19-23)22-7-5-10(6-8-22)13-18-14(20-25-13)21(2)3/h9-10H,4-8H2,1-3H3. The van der Waals surface area contributed by atoms with Crippen molar-refractivity contribution in [1.29, 1.82) is 0 Å². The Morgan fingerprint density at radius 2 is 2.08 bits per heavy atom. The molecule has 1 fully saturated rings. The third kappa shape index (κ3) is 3.05. The molecule has 4 rings (SSSR count). The summed E-state index contributed by atoms with van der Waals surface area (Å²) in [5.74, 6) is 1.56. The highest BCUT2D eigenvalue weighted by atomic mass is 32.1. The van der Waals surface area contributed by atoms with Crippen LogP contribution in [0, 0.1) is 0 Å². The van der Waals surface area contributed by atoms with Gasteiger partial charge in [0.2, 0.25) is 16.0 Å². The molecule has 1 saturated heterocycles. The van der Waals surface area contributed by atoms with E-state index in [0.717, 1.165) is 43.2 Å². The van der Waals surface area contributed by atoms with Gasteiger partial charge in [0.15, 0.2) is 0 Å². The van der Waals surface area contributed by atoms with E-state index < -0.39 is 0 Å². The number of hydrogen-bond donors (Lipinski definition) is 0. The zero-order chi connectivity index (χ0) is 18.3. The van der Waals surface area contributed by atoms with Crippen molar-refractivity contribution in [3.63, 3.8) is 0 Å².